The average Bonchev–Trinajstić information content (AvgIpc) is 2.66. The summed E-state index contributed by atoms with van der Waals surface area (Å²) in [4.78, 5) is 24.7. The molecule has 0 bridgehead atoms. The molecule has 0 aliphatic carbocycles. The maximum Gasteiger partial charge on any atom is 0.326 e. The predicted octanol–water partition coefficient (Wildman–Crippen LogP) is 3.01. The van der Waals surface area contributed by atoms with Gasteiger partial charge >= 0.3 is 5.97 Å². The SMILES string of the molecule is C[C@H](C(=O)O)N1C(=O)/C(=C/c2ccccc2Cl)SC1=S. The van der Waals surface area contributed by atoms with Gasteiger partial charge in [-0.15, -0.1) is 0 Å². The molecule has 0 spiro atoms. The Hall–Kier alpha value is -1.37. The van der Waals surface area contributed by atoms with Gasteiger partial charge in [-0.05, 0) is 24.6 Å². The highest BCUT2D eigenvalue weighted by Crippen LogP contribution is 2.34. The minimum Gasteiger partial charge on any atom is -0.480 e. The molecule has 1 atom stereocenters. The fourth-order valence-electron chi connectivity index (χ4n) is 1.66. The van der Waals surface area contributed by atoms with E-state index in [1.54, 1.807) is 30.3 Å². The van der Waals surface area contributed by atoms with Gasteiger partial charge in [0.1, 0.15) is 10.4 Å². The number of carbonyl (C=O) groups is 2. The van der Waals surface area contributed by atoms with Gasteiger partial charge in [0, 0.05) is 5.02 Å². The normalized spacial score (nSPS) is 18.7. The van der Waals surface area contributed by atoms with Crippen molar-refractivity contribution < 1.29 is 14.7 Å². The van der Waals surface area contributed by atoms with E-state index in [-0.39, 0.29) is 4.32 Å². The molecule has 0 saturated carbocycles. The molecule has 1 aliphatic rings. The van der Waals surface area contributed by atoms with E-state index >= 15 is 0 Å². The van der Waals surface area contributed by atoms with Crippen molar-refractivity contribution in [2.45, 2.75) is 13.0 Å². The van der Waals surface area contributed by atoms with Crippen LogP contribution in [0.15, 0.2) is 29.2 Å². The van der Waals surface area contributed by atoms with Crippen LogP contribution in [0.2, 0.25) is 5.02 Å². The predicted molar refractivity (Wildman–Crippen MR) is 83.6 cm³/mol. The third-order valence-corrected chi connectivity index (χ3v) is 4.43. The summed E-state index contributed by atoms with van der Waals surface area (Å²) < 4.78 is 0.239. The number of rotatable bonds is 3. The van der Waals surface area contributed by atoms with E-state index in [0.717, 1.165) is 16.7 Å². The summed E-state index contributed by atoms with van der Waals surface area (Å²) in [6.45, 7) is 1.42. The largest absolute Gasteiger partial charge is 0.480 e. The topological polar surface area (TPSA) is 57.6 Å². The monoisotopic (exact) mass is 327 g/mol. The second kappa shape index (κ2) is 5.95. The molecule has 0 aromatic heterocycles. The van der Waals surface area contributed by atoms with Crippen molar-refractivity contribution in [3.63, 3.8) is 0 Å². The highest BCUT2D eigenvalue weighted by atomic mass is 35.5. The van der Waals surface area contributed by atoms with Crippen LogP contribution in [0.1, 0.15) is 12.5 Å². The molecular weight excluding hydrogens is 318 g/mol. The number of benzene rings is 1. The first-order chi connectivity index (χ1) is 9.41. The van der Waals surface area contributed by atoms with E-state index in [4.69, 9.17) is 28.9 Å². The number of amides is 1. The lowest BCUT2D eigenvalue weighted by molar-refractivity contribution is -0.144. The van der Waals surface area contributed by atoms with Gasteiger partial charge in [-0.1, -0.05) is 53.8 Å². The molecule has 1 heterocycles. The van der Waals surface area contributed by atoms with Gasteiger partial charge in [0.15, 0.2) is 0 Å². The van der Waals surface area contributed by atoms with E-state index in [2.05, 4.69) is 0 Å². The second-order valence-corrected chi connectivity index (χ2v) is 6.17. The van der Waals surface area contributed by atoms with E-state index in [1.807, 2.05) is 0 Å². The zero-order valence-corrected chi connectivity index (χ0v) is 12.8. The lowest BCUT2D eigenvalue weighted by atomic mass is 10.2. The first kappa shape index (κ1) is 15.0. The van der Waals surface area contributed by atoms with E-state index in [0.29, 0.717) is 15.5 Å². The summed E-state index contributed by atoms with van der Waals surface area (Å²) in [6.07, 6.45) is 1.62. The van der Waals surface area contributed by atoms with Gasteiger partial charge < -0.3 is 5.11 Å². The first-order valence-corrected chi connectivity index (χ1v) is 7.26. The molecule has 7 heteroatoms. The van der Waals surface area contributed by atoms with Gasteiger partial charge in [-0.25, -0.2) is 4.79 Å². The number of carboxylic acid groups (broad SMARTS) is 1. The Bertz CT molecular complexity index is 630. The van der Waals surface area contributed by atoms with Crippen LogP contribution in [-0.4, -0.2) is 32.2 Å². The summed E-state index contributed by atoms with van der Waals surface area (Å²) in [5.41, 5.74) is 0.692. The Kier molecular flexibility index (Phi) is 4.47. The lowest BCUT2D eigenvalue weighted by Gasteiger charge is -2.18. The number of thioether (sulfide) groups is 1. The Morgan fingerprint density at radius 1 is 1.50 bits per heavy atom. The Labute approximate surface area is 130 Å². The van der Waals surface area contributed by atoms with Crippen molar-refractivity contribution in [1.82, 2.24) is 4.90 Å². The molecule has 104 valence electrons. The highest BCUT2D eigenvalue weighted by molar-refractivity contribution is 8.26. The molecule has 1 aromatic carbocycles. The highest BCUT2D eigenvalue weighted by Gasteiger charge is 2.38. The number of carboxylic acids is 1. The van der Waals surface area contributed by atoms with Gasteiger partial charge in [-0.3, -0.25) is 9.69 Å². The molecule has 0 unspecified atom stereocenters. The molecular formula is C13H10ClNO3S2. The fraction of sp³-hybridized carbons (Fsp3) is 0.154. The first-order valence-electron chi connectivity index (χ1n) is 5.66. The Morgan fingerprint density at radius 3 is 2.75 bits per heavy atom. The van der Waals surface area contributed by atoms with Crippen molar-refractivity contribution in [2.75, 3.05) is 0 Å². The van der Waals surface area contributed by atoms with Crippen LogP contribution in [0, 0.1) is 0 Å². The third-order valence-electron chi connectivity index (χ3n) is 2.76. The van der Waals surface area contributed by atoms with Crippen LogP contribution in [0.25, 0.3) is 6.08 Å². The quantitative estimate of drug-likeness (QED) is 0.683. The number of nitrogens with zero attached hydrogens (tertiary/aromatic N) is 1. The molecule has 1 amide bonds. The van der Waals surface area contributed by atoms with Crippen LogP contribution >= 0.6 is 35.6 Å². The maximum absolute atomic E-state index is 12.2. The number of halogens is 1. The summed E-state index contributed by atoms with van der Waals surface area (Å²) in [7, 11) is 0. The number of aliphatic carboxylic acids is 1. The molecule has 20 heavy (non-hydrogen) atoms. The standard InChI is InChI=1S/C13H10ClNO3S2/c1-7(12(17)18)15-11(16)10(20-13(15)19)6-8-4-2-3-5-9(8)14/h2-7H,1H3,(H,17,18)/b10-6-/t7-/m1/s1. The summed E-state index contributed by atoms with van der Waals surface area (Å²) >= 11 is 12.2. The zero-order valence-electron chi connectivity index (χ0n) is 10.4. The van der Waals surface area contributed by atoms with Gasteiger partial charge in [-0.2, -0.15) is 0 Å². The number of hydrogen-bond donors (Lipinski definition) is 1. The van der Waals surface area contributed by atoms with Crippen LogP contribution in [0.5, 0.6) is 0 Å². The lowest BCUT2D eigenvalue weighted by Crippen LogP contribution is -2.41. The smallest absolute Gasteiger partial charge is 0.326 e. The summed E-state index contributed by atoms with van der Waals surface area (Å²) in [5, 5.41) is 9.51. The zero-order chi connectivity index (χ0) is 14.9. The molecule has 1 fully saturated rings. The molecule has 2 rings (SSSR count). The molecule has 4 nitrogen and oxygen atoms in total. The van der Waals surface area contributed by atoms with Crippen molar-refractivity contribution >= 4 is 57.9 Å². The van der Waals surface area contributed by atoms with Crippen LogP contribution < -0.4 is 0 Å². The average molecular weight is 328 g/mol. The number of carbonyl (C=O) groups excluding carboxylic acids is 1. The summed E-state index contributed by atoms with van der Waals surface area (Å²) in [5.74, 6) is -1.50. The molecule has 1 aliphatic heterocycles. The third kappa shape index (κ3) is 2.87. The molecule has 1 N–H and O–H groups in total. The van der Waals surface area contributed by atoms with Crippen molar-refractivity contribution in [3.8, 4) is 0 Å². The maximum atomic E-state index is 12.2. The molecule has 1 aromatic rings. The molecule has 0 radical (unpaired) electrons. The Balaban J connectivity index is 2.33. The van der Waals surface area contributed by atoms with Crippen molar-refractivity contribution in [1.29, 1.82) is 0 Å². The van der Waals surface area contributed by atoms with Crippen molar-refractivity contribution in [2.24, 2.45) is 0 Å². The van der Waals surface area contributed by atoms with E-state index in [9.17, 15) is 9.59 Å². The second-order valence-electron chi connectivity index (χ2n) is 4.09. The van der Waals surface area contributed by atoms with Gasteiger partial charge in [0.05, 0.1) is 4.91 Å². The fourth-order valence-corrected chi connectivity index (χ4v) is 3.26. The van der Waals surface area contributed by atoms with Crippen LogP contribution in [0.4, 0.5) is 0 Å². The van der Waals surface area contributed by atoms with E-state index < -0.39 is 17.9 Å². The number of hydrogen-bond acceptors (Lipinski definition) is 4. The van der Waals surface area contributed by atoms with E-state index in [1.165, 1.54) is 6.92 Å². The van der Waals surface area contributed by atoms with Gasteiger partial charge in [0.2, 0.25) is 0 Å². The van der Waals surface area contributed by atoms with Crippen molar-refractivity contribution in [3.05, 3.63) is 39.8 Å². The number of thiocarbonyl (C=S) groups is 1. The van der Waals surface area contributed by atoms with Crippen LogP contribution in [-0.2, 0) is 9.59 Å². The Morgan fingerprint density at radius 2 is 2.15 bits per heavy atom. The molecule has 1 saturated heterocycles. The summed E-state index contributed by atoms with van der Waals surface area (Å²) in [6, 6.07) is 6.10. The van der Waals surface area contributed by atoms with Crippen LogP contribution in [0.3, 0.4) is 0 Å². The minimum atomic E-state index is -1.10. The minimum absolute atomic E-state index is 0.239. The van der Waals surface area contributed by atoms with Gasteiger partial charge in [0.25, 0.3) is 5.91 Å².